The predicted octanol–water partition coefficient (Wildman–Crippen LogP) is 3.85. The molecule has 3 aromatic heterocycles. The fourth-order valence-corrected chi connectivity index (χ4v) is 5.25. The summed E-state index contributed by atoms with van der Waals surface area (Å²) in [5, 5.41) is 9.09. The highest BCUT2D eigenvalue weighted by Crippen LogP contribution is 2.43. The molecule has 30 heavy (non-hydrogen) atoms. The Morgan fingerprint density at radius 1 is 1.20 bits per heavy atom. The van der Waals surface area contributed by atoms with E-state index in [-0.39, 0.29) is 11.4 Å². The Bertz CT molecular complexity index is 1070. The Morgan fingerprint density at radius 2 is 2.03 bits per heavy atom. The third-order valence-corrected chi connectivity index (χ3v) is 6.98. The number of urea groups is 1. The Balaban J connectivity index is 1.45. The van der Waals surface area contributed by atoms with Crippen molar-refractivity contribution in [3.63, 3.8) is 0 Å². The van der Waals surface area contributed by atoms with Crippen molar-refractivity contribution in [3.8, 4) is 11.3 Å². The standard InChI is InChI=1S/C23H30N6O/c1-3-16-14-25-21-18(16)12-17(15-26-21)19-13-20-23(6-5-9-29(20)27-19)7-10-28(11-8-23)22(30)24-4-2/h12-15H,3-11H2,1-2H3,(H,24,30)(H,25,26). The zero-order valence-electron chi connectivity index (χ0n) is 17.9. The van der Waals surface area contributed by atoms with Crippen LogP contribution in [0.3, 0.4) is 0 Å². The summed E-state index contributed by atoms with van der Waals surface area (Å²) in [4.78, 5) is 22.1. The maximum Gasteiger partial charge on any atom is 0.317 e. The number of fused-ring (bicyclic) bond motifs is 3. The summed E-state index contributed by atoms with van der Waals surface area (Å²) in [6.07, 6.45) is 9.29. The van der Waals surface area contributed by atoms with Gasteiger partial charge in [-0.1, -0.05) is 6.92 Å². The average Bonchev–Trinajstić information content (AvgIpc) is 3.39. The smallest absolute Gasteiger partial charge is 0.317 e. The lowest BCUT2D eigenvalue weighted by Crippen LogP contribution is -2.50. The van der Waals surface area contributed by atoms with Gasteiger partial charge in [0.05, 0.1) is 5.69 Å². The van der Waals surface area contributed by atoms with E-state index in [9.17, 15) is 4.79 Å². The van der Waals surface area contributed by atoms with Crippen LogP contribution >= 0.6 is 0 Å². The van der Waals surface area contributed by atoms with Crippen molar-refractivity contribution >= 4 is 17.1 Å². The highest BCUT2D eigenvalue weighted by molar-refractivity contribution is 5.84. The maximum absolute atomic E-state index is 12.2. The summed E-state index contributed by atoms with van der Waals surface area (Å²) in [7, 11) is 0. The molecular weight excluding hydrogens is 376 g/mol. The van der Waals surface area contributed by atoms with E-state index < -0.39 is 0 Å². The normalized spacial score (nSPS) is 18.0. The SMILES string of the molecule is CCNC(=O)N1CCC2(CCCn3nc(-c4cnc5[nH]cc(CC)c5c4)cc32)CC1. The van der Waals surface area contributed by atoms with E-state index in [1.54, 1.807) is 0 Å². The molecule has 0 unspecified atom stereocenters. The molecular formula is C23H30N6O. The molecule has 2 N–H and O–H groups in total. The molecule has 2 aliphatic heterocycles. The van der Waals surface area contributed by atoms with Crippen LogP contribution in [-0.2, 0) is 18.4 Å². The summed E-state index contributed by atoms with van der Waals surface area (Å²) < 4.78 is 2.21. The minimum atomic E-state index is 0.0648. The molecule has 0 bridgehead atoms. The molecule has 158 valence electrons. The molecule has 7 heteroatoms. The first-order valence-electron chi connectivity index (χ1n) is 11.2. The summed E-state index contributed by atoms with van der Waals surface area (Å²) in [5.74, 6) is 0. The summed E-state index contributed by atoms with van der Waals surface area (Å²) in [6.45, 7) is 7.40. The van der Waals surface area contributed by atoms with Crippen molar-refractivity contribution in [3.05, 3.63) is 35.8 Å². The number of carbonyl (C=O) groups is 1. The second-order valence-electron chi connectivity index (χ2n) is 8.63. The van der Waals surface area contributed by atoms with Gasteiger partial charge in [-0.05, 0) is 56.7 Å². The average molecular weight is 407 g/mol. The van der Waals surface area contributed by atoms with E-state index in [1.807, 2.05) is 18.0 Å². The summed E-state index contributed by atoms with van der Waals surface area (Å²) in [5.41, 5.74) is 5.78. The van der Waals surface area contributed by atoms with Gasteiger partial charge in [-0.25, -0.2) is 9.78 Å². The number of nitrogens with one attached hydrogen (secondary N) is 2. The van der Waals surface area contributed by atoms with Gasteiger partial charge < -0.3 is 15.2 Å². The number of hydrogen-bond donors (Lipinski definition) is 2. The molecule has 0 aliphatic carbocycles. The molecule has 5 rings (SSSR count). The zero-order chi connectivity index (χ0) is 20.7. The minimum Gasteiger partial charge on any atom is -0.346 e. The molecule has 2 aliphatic rings. The lowest BCUT2D eigenvalue weighted by molar-refractivity contribution is 0.139. The van der Waals surface area contributed by atoms with Crippen LogP contribution in [0, 0.1) is 0 Å². The van der Waals surface area contributed by atoms with Crippen molar-refractivity contribution in [2.75, 3.05) is 19.6 Å². The molecule has 1 fully saturated rings. The molecule has 0 saturated carbocycles. The molecule has 3 aromatic rings. The number of aromatic nitrogens is 4. The molecule has 7 nitrogen and oxygen atoms in total. The van der Waals surface area contributed by atoms with Gasteiger partial charge in [0.25, 0.3) is 0 Å². The Morgan fingerprint density at radius 3 is 2.80 bits per heavy atom. The highest BCUT2D eigenvalue weighted by Gasteiger charge is 2.41. The van der Waals surface area contributed by atoms with Crippen LogP contribution in [0.4, 0.5) is 4.79 Å². The van der Waals surface area contributed by atoms with Crippen LogP contribution in [0.25, 0.3) is 22.3 Å². The molecule has 5 heterocycles. The van der Waals surface area contributed by atoms with Gasteiger partial charge in [0, 0.05) is 60.6 Å². The monoisotopic (exact) mass is 406 g/mol. The quantitative estimate of drug-likeness (QED) is 0.693. The summed E-state index contributed by atoms with van der Waals surface area (Å²) in [6, 6.07) is 4.56. The lowest BCUT2D eigenvalue weighted by Gasteiger charge is -2.44. The Labute approximate surface area is 176 Å². The molecule has 0 aromatic carbocycles. The fraction of sp³-hybridized carbons (Fsp3) is 0.522. The Hall–Kier alpha value is -2.83. The van der Waals surface area contributed by atoms with Crippen LogP contribution in [-0.4, -0.2) is 50.3 Å². The van der Waals surface area contributed by atoms with Crippen molar-refractivity contribution in [2.45, 2.75) is 57.9 Å². The predicted molar refractivity (Wildman–Crippen MR) is 117 cm³/mol. The molecule has 1 spiro atoms. The number of amides is 2. The number of nitrogens with zero attached hydrogens (tertiary/aromatic N) is 4. The third kappa shape index (κ3) is 3.07. The van der Waals surface area contributed by atoms with E-state index in [0.29, 0.717) is 6.54 Å². The van der Waals surface area contributed by atoms with Gasteiger partial charge in [0.1, 0.15) is 5.65 Å². The molecule has 2 amide bonds. The van der Waals surface area contributed by atoms with Crippen molar-refractivity contribution in [1.29, 1.82) is 0 Å². The maximum atomic E-state index is 12.2. The second-order valence-corrected chi connectivity index (χ2v) is 8.63. The number of aromatic amines is 1. The number of carbonyl (C=O) groups excluding carboxylic acids is 1. The van der Waals surface area contributed by atoms with Gasteiger partial charge in [0.2, 0.25) is 0 Å². The summed E-state index contributed by atoms with van der Waals surface area (Å²) >= 11 is 0. The second kappa shape index (κ2) is 7.45. The van der Waals surface area contributed by atoms with Gasteiger partial charge in [-0.2, -0.15) is 5.10 Å². The highest BCUT2D eigenvalue weighted by atomic mass is 16.2. The van der Waals surface area contributed by atoms with Crippen molar-refractivity contribution in [1.82, 2.24) is 30.0 Å². The van der Waals surface area contributed by atoms with E-state index in [2.05, 4.69) is 45.2 Å². The van der Waals surface area contributed by atoms with E-state index in [1.165, 1.54) is 23.1 Å². The zero-order valence-corrected chi connectivity index (χ0v) is 17.9. The Kier molecular flexibility index (Phi) is 4.76. The lowest BCUT2D eigenvalue weighted by atomic mass is 9.70. The topological polar surface area (TPSA) is 78.8 Å². The van der Waals surface area contributed by atoms with Crippen LogP contribution in [0.1, 0.15) is 50.8 Å². The molecule has 0 radical (unpaired) electrons. The van der Waals surface area contributed by atoms with Gasteiger partial charge in [-0.3, -0.25) is 4.68 Å². The van der Waals surface area contributed by atoms with Gasteiger partial charge in [-0.15, -0.1) is 0 Å². The molecule has 1 saturated heterocycles. The number of pyridine rings is 1. The van der Waals surface area contributed by atoms with Gasteiger partial charge >= 0.3 is 6.03 Å². The molecule has 0 atom stereocenters. The third-order valence-electron chi connectivity index (χ3n) is 6.98. The number of H-pyrrole nitrogens is 1. The van der Waals surface area contributed by atoms with E-state index >= 15 is 0 Å². The van der Waals surface area contributed by atoms with Crippen molar-refractivity contribution in [2.24, 2.45) is 0 Å². The minimum absolute atomic E-state index is 0.0648. The first-order chi connectivity index (χ1) is 14.6. The van der Waals surface area contributed by atoms with E-state index in [0.717, 1.165) is 62.2 Å². The van der Waals surface area contributed by atoms with Crippen molar-refractivity contribution < 1.29 is 4.79 Å². The van der Waals surface area contributed by atoms with E-state index in [4.69, 9.17) is 5.10 Å². The fourth-order valence-electron chi connectivity index (χ4n) is 5.25. The number of likely N-dealkylation sites (tertiary alicyclic amines) is 1. The van der Waals surface area contributed by atoms with Crippen LogP contribution < -0.4 is 5.32 Å². The number of aryl methyl sites for hydroxylation is 2. The number of rotatable bonds is 3. The number of hydrogen-bond acceptors (Lipinski definition) is 3. The first-order valence-corrected chi connectivity index (χ1v) is 11.2. The van der Waals surface area contributed by atoms with Crippen LogP contribution in [0.2, 0.25) is 0 Å². The van der Waals surface area contributed by atoms with Gasteiger partial charge in [0.15, 0.2) is 0 Å². The largest absolute Gasteiger partial charge is 0.346 e. The number of piperidine rings is 1. The first kappa shape index (κ1) is 19.2. The van der Waals surface area contributed by atoms with Crippen LogP contribution in [0.5, 0.6) is 0 Å². The van der Waals surface area contributed by atoms with Crippen LogP contribution in [0.15, 0.2) is 24.5 Å².